The average molecular weight is 200 g/mol. The Labute approximate surface area is 84.9 Å². The lowest BCUT2D eigenvalue weighted by atomic mass is 9.64. The first-order valence-corrected chi connectivity index (χ1v) is 5.13. The number of aliphatic hydroxyl groups excluding tert-OH is 1. The molecular weight excluding hydrogens is 180 g/mol. The molecule has 1 fully saturated rings. The Kier molecular flexibility index (Phi) is 3.17. The van der Waals surface area contributed by atoms with Gasteiger partial charge in [-0.25, -0.2) is 0 Å². The van der Waals surface area contributed by atoms with Crippen molar-refractivity contribution in [3.63, 3.8) is 0 Å². The Morgan fingerprint density at radius 2 is 2.29 bits per heavy atom. The molecule has 0 spiro atoms. The first kappa shape index (κ1) is 11.5. The minimum atomic E-state index is -0.427. The molecule has 4 nitrogen and oxygen atoms in total. The highest BCUT2D eigenvalue weighted by atomic mass is 16.3. The molecule has 0 aliphatic heterocycles. The van der Waals surface area contributed by atoms with Crippen LogP contribution in [-0.2, 0) is 4.79 Å². The van der Waals surface area contributed by atoms with Crippen molar-refractivity contribution in [1.29, 1.82) is 0 Å². The fourth-order valence-electron chi connectivity index (χ4n) is 1.61. The molecule has 2 unspecified atom stereocenters. The number of carbonyl (C=O) groups excluding carboxylic acids is 1. The second kappa shape index (κ2) is 3.87. The van der Waals surface area contributed by atoms with E-state index in [0.717, 1.165) is 0 Å². The molecule has 4 heteroatoms. The monoisotopic (exact) mass is 200 g/mol. The smallest absolute Gasteiger partial charge is 0.237 e. The normalized spacial score (nSPS) is 31.8. The zero-order valence-corrected chi connectivity index (χ0v) is 9.08. The Hall–Kier alpha value is -0.610. The number of nitrogens with two attached hydrogens (primary N) is 1. The Morgan fingerprint density at radius 3 is 2.64 bits per heavy atom. The number of hydrogen-bond donors (Lipinski definition) is 3. The van der Waals surface area contributed by atoms with E-state index < -0.39 is 6.04 Å². The number of nitrogens with one attached hydrogen (secondary N) is 1. The van der Waals surface area contributed by atoms with E-state index in [1.165, 1.54) is 0 Å². The summed E-state index contributed by atoms with van der Waals surface area (Å²) >= 11 is 0. The van der Waals surface area contributed by atoms with Gasteiger partial charge in [-0.3, -0.25) is 4.79 Å². The molecule has 0 bridgehead atoms. The van der Waals surface area contributed by atoms with Crippen LogP contribution >= 0.6 is 0 Å². The highest BCUT2D eigenvalue weighted by Crippen LogP contribution is 2.40. The van der Waals surface area contributed by atoms with E-state index in [1.807, 2.05) is 20.8 Å². The summed E-state index contributed by atoms with van der Waals surface area (Å²) in [5, 5.41) is 12.3. The molecule has 0 aromatic carbocycles. The maximum absolute atomic E-state index is 11.5. The van der Waals surface area contributed by atoms with Gasteiger partial charge in [0.2, 0.25) is 5.91 Å². The van der Waals surface area contributed by atoms with Crippen molar-refractivity contribution in [2.75, 3.05) is 0 Å². The molecule has 14 heavy (non-hydrogen) atoms. The van der Waals surface area contributed by atoms with Crippen LogP contribution in [0.15, 0.2) is 0 Å². The summed E-state index contributed by atoms with van der Waals surface area (Å²) in [5.74, 6) is -0.113. The maximum Gasteiger partial charge on any atom is 0.237 e. The van der Waals surface area contributed by atoms with Gasteiger partial charge in [0.05, 0.1) is 12.1 Å². The van der Waals surface area contributed by atoms with Crippen molar-refractivity contribution in [2.24, 2.45) is 11.1 Å². The Morgan fingerprint density at radius 1 is 1.71 bits per heavy atom. The van der Waals surface area contributed by atoms with E-state index in [9.17, 15) is 9.90 Å². The summed E-state index contributed by atoms with van der Waals surface area (Å²) in [5.41, 5.74) is 5.37. The van der Waals surface area contributed by atoms with Crippen LogP contribution in [0, 0.1) is 5.41 Å². The number of carbonyl (C=O) groups is 1. The first-order chi connectivity index (χ1) is 6.39. The molecule has 0 saturated heterocycles. The standard InChI is InChI=1S/C10H20N2O2/c1-4-6(11)9(14)12-7-5-8(13)10(7,2)3/h6-8,13H,4-5,11H2,1-3H3,(H,12,14)/t6-,7?,8?/m1/s1. The van der Waals surface area contributed by atoms with Crippen molar-refractivity contribution in [2.45, 2.75) is 51.8 Å². The second-order valence-corrected chi connectivity index (χ2v) is 4.65. The Balaban J connectivity index is 2.44. The van der Waals surface area contributed by atoms with Gasteiger partial charge < -0.3 is 16.2 Å². The summed E-state index contributed by atoms with van der Waals surface area (Å²) < 4.78 is 0. The van der Waals surface area contributed by atoms with Gasteiger partial charge >= 0.3 is 0 Å². The van der Waals surface area contributed by atoms with Crippen molar-refractivity contribution in [3.05, 3.63) is 0 Å². The molecule has 1 aliphatic carbocycles. The van der Waals surface area contributed by atoms with Gasteiger partial charge in [0.25, 0.3) is 0 Å². The topological polar surface area (TPSA) is 75.4 Å². The lowest BCUT2D eigenvalue weighted by Gasteiger charge is -2.49. The largest absolute Gasteiger partial charge is 0.392 e. The Bertz CT molecular complexity index is 228. The van der Waals surface area contributed by atoms with Gasteiger partial charge in [-0.1, -0.05) is 20.8 Å². The number of aliphatic hydroxyl groups is 1. The highest BCUT2D eigenvalue weighted by molar-refractivity contribution is 5.81. The predicted octanol–water partition coefficient (Wildman–Crippen LogP) is -0.000700. The molecule has 1 rings (SSSR count). The van der Waals surface area contributed by atoms with E-state index in [-0.39, 0.29) is 23.5 Å². The fourth-order valence-corrected chi connectivity index (χ4v) is 1.61. The van der Waals surface area contributed by atoms with Gasteiger partial charge in [0.15, 0.2) is 0 Å². The molecular formula is C10H20N2O2. The minimum absolute atomic E-state index is 0.0580. The average Bonchev–Trinajstić information content (AvgIpc) is 2.16. The third-order valence-corrected chi connectivity index (χ3v) is 3.31. The number of rotatable bonds is 3. The van der Waals surface area contributed by atoms with Crippen LogP contribution in [0.5, 0.6) is 0 Å². The quantitative estimate of drug-likeness (QED) is 0.600. The zero-order valence-electron chi connectivity index (χ0n) is 9.08. The molecule has 4 N–H and O–H groups in total. The molecule has 0 aromatic heterocycles. The van der Waals surface area contributed by atoms with Gasteiger partial charge in [-0.05, 0) is 12.8 Å². The van der Waals surface area contributed by atoms with E-state index >= 15 is 0 Å². The van der Waals surface area contributed by atoms with Gasteiger partial charge in [-0.2, -0.15) is 0 Å². The summed E-state index contributed by atoms with van der Waals surface area (Å²) in [6.45, 7) is 5.78. The van der Waals surface area contributed by atoms with Crippen molar-refractivity contribution < 1.29 is 9.90 Å². The molecule has 0 heterocycles. The molecule has 1 amide bonds. The van der Waals surface area contributed by atoms with Crippen LogP contribution in [0.3, 0.4) is 0 Å². The summed E-state index contributed by atoms with van der Waals surface area (Å²) in [6.07, 6.45) is 0.960. The van der Waals surface area contributed by atoms with Crippen LogP contribution in [0.4, 0.5) is 0 Å². The van der Waals surface area contributed by atoms with Crippen molar-refractivity contribution in [3.8, 4) is 0 Å². The van der Waals surface area contributed by atoms with E-state index in [1.54, 1.807) is 0 Å². The maximum atomic E-state index is 11.5. The summed E-state index contributed by atoms with van der Waals surface area (Å²) in [7, 11) is 0. The molecule has 1 aliphatic rings. The zero-order chi connectivity index (χ0) is 10.9. The molecule has 3 atom stereocenters. The third-order valence-electron chi connectivity index (χ3n) is 3.31. The van der Waals surface area contributed by atoms with Crippen LogP contribution in [0.25, 0.3) is 0 Å². The van der Waals surface area contributed by atoms with Gasteiger partial charge in [0, 0.05) is 11.5 Å². The number of hydrogen-bond acceptors (Lipinski definition) is 3. The van der Waals surface area contributed by atoms with Crippen molar-refractivity contribution >= 4 is 5.91 Å². The SMILES string of the molecule is CC[C@@H](N)C(=O)NC1CC(O)C1(C)C. The molecule has 0 radical (unpaired) electrons. The summed E-state index contributed by atoms with van der Waals surface area (Å²) in [4.78, 5) is 11.5. The third kappa shape index (κ3) is 1.91. The van der Waals surface area contributed by atoms with Crippen molar-refractivity contribution in [1.82, 2.24) is 5.32 Å². The molecule has 1 saturated carbocycles. The lowest BCUT2D eigenvalue weighted by molar-refractivity contribution is -0.130. The highest BCUT2D eigenvalue weighted by Gasteiger charge is 2.48. The fraction of sp³-hybridized carbons (Fsp3) is 0.900. The first-order valence-electron chi connectivity index (χ1n) is 5.13. The summed E-state index contributed by atoms with van der Waals surface area (Å²) in [6, 6.07) is -0.369. The van der Waals surface area contributed by atoms with Gasteiger partial charge in [0.1, 0.15) is 0 Å². The van der Waals surface area contributed by atoms with E-state index in [4.69, 9.17) is 5.73 Å². The van der Waals surface area contributed by atoms with Crippen LogP contribution in [0.2, 0.25) is 0 Å². The second-order valence-electron chi connectivity index (χ2n) is 4.65. The van der Waals surface area contributed by atoms with Crippen LogP contribution in [-0.4, -0.2) is 29.2 Å². The predicted molar refractivity (Wildman–Crippen MR) is 54.6 cm³/mol. The van der Waals surface area contributed by atoms with Crippen LogP contribution in [0.1, 0.15) is 33.6 Å². The van der Waals surface area contributed by atoms with Crippen LogP contribution < -0.4 is 11.1 Å². The molecule has 82 valence electrons. The van der Waals surface area contributed by atoms with E-state index in [0.29, 0.717) is 12.8 Å². The number of amides is 1. The molecule has 0 aromatic rings. The minimum Gasteiger partial charge on any atom is -0.392 e. The van der Waals surface area contributed by atoms with Gasteiger partial charge in [-0.15, -0.1) is 0 Å². The van der Waals surface area contributed by atoms with E-state index in [2.05, 4.69) is 5.32 Å². The lowest BCUT2D eigenvalue weighted by Crippen LogP contribution is -2.62.